The van der Waals surface area contributed by atoms with Gasteiger partial charge in [-0.1, -0.05) is 18.2 Å². The van der Waals surface area contributed by atoms with Crippen LogP contribution in [0.5, 0.6) is 0 Å². The van der Waals surface area contributed by atoms with Gasteiger partial charge in [0.25, 0.3) is 5.91 Å². The maximum atomic E-state index is 12.3. The number of hydrogen-bond donors (Lipinski definition) is 2. The Hall–Kier alpha value is -3.65. The van der Waals surface area contributed by atoms with Crippen molar-refractivity contribution in [3.63, 3.8) is 0 Å². The number of amides is 2. The van der Waals surface area contributed by atoms with Crippen LogP contribution >= 0.6 is 0 Å². The van der Waals surface area contributed by atoms with Crippen molar-refractivity contribution in [1.29, 1.82) is 0 Å². The maximum absolute atomic E-state index is 12.3. The Balaban J connectivity index is 1.46. The lowest BCUT2D eigenvalue weighted by atomic mass is 10.0. The van der Waals surface area contributed by atoms with Crippen LogP contribution in [0.2, 0.25) is 0 Å². The van der Waals surface area contributed by atoms with Gasteiger partial charge in [-0.15, -0.1) is 0 Å². The van der Waals surface area contributed by atoms with E-state index in [0.29, 0.717) is 25.2 Å². The number of ether oxygens (including phenoxy) is 1. The summed E-state index contributed by atoms with van der Waals surface area (Å²) in [6, 6.07) is 11.2. The number of carbonyl (C=O) groups excluding carboxylic acids is 2. The molecule has 4 rings (SSSR count). The molecule has 0 bridgehead atoms. The molecular formula is C25H28N4O4. The summed E-state index contributed by atoms with van der Waals surface area (Å²) in [6.07, 6.45) is 6.41. The van der Waals surface area contributed by atoms with Crippen LogP contribution in [0.25, 0.3) is 16.6 Å². The van der Waals surface area contributed by atoms with Gasteiger partial charge in [0, 0.05) is 43.0 Å². The Morgan fingerprint density at radius 2 is 1.94 bits per heavy atom. The number of carbonyl (C=O) groups is 2. The maximum Gasteiger partial charge on any atom is 0.410 e. The van der Waals surface area contributed by atoms with Crippen LogP contribution in [-0.4, -0.2) is 50.3 Å². The minimum atomic E-state index is -0.534. The van der Waals surface area contributed by atoms with Gasteiger partial charge in [0.2, 0.25) is 0 Å². The molecule has 0 atom stereocenters. The number of hydroxylamine groups is 1. The van der Waals surface area contributed by atoms with Crippen LogP contribution in [0.3, 0.4) is 0 Å². The van der Waals surface area contributed by atoms with E-state index in [2.05, 4.69) is 16.7 Å². The average molecular weight is 449 g/mol. The second kappa shape index (κ2) is 9.07. The second-order valence-corrected chi connectivity index (χ2v) is 9.12. The van der Waals surface area contributed by atoms with Crippen LogP contribution in [0, 0.1) is 0 Å². The Kier molecular flexibility index (Phi) is 6.20. The lowest BCUT2D eigenvalue weighted by Crippen LogP contribution is -2.39. The van der Waals surface area contributed by atoms with Gasteiger partial charge in [-0.2, -0.15) is 0 Å². The van der Waals surface area contributed by atoms with Gasteiger partial charge < -0.3 is 14.2 Å². The summed E-state index contributed by atoms with van der Waals surface area (Å²) >= 11 is 0. The summed E-state index contributed by atoms with van der Waals surface area (Å²) in [4.78, 5) is 30.2. The third kappa shape index (κ3) is 5.23. The molecule has 0 radical (unpaired) electrons. The molecule has 2 amide bonds. The van der Waals surface area contributed by atoms with Crippen molar-refractivity contribution < 1.29 is 19.5 Å². The van der Waals surface area contributed by atoms with Crippen molar-refractivity contribution in [3.8, 4) is 0 Å². The fraction of sp³-hybridized carbons (Fsp3) is 0.320. The fourth-order valence-electron chi connectivity index (χ4n) is 3.83. The zero-order valence-electron chi connectivity index (χ0n) is 19.0. The first-order chi connectivity index (χ1) is 15.7. The van der Waals surface area contributed by atoms with Crippen molar-refractivity contribution in [2.45, 2.75) is 39.3 Å². The van der Waals surface area contributed by atoms with Crippen molar-refractivity contribution in [2.24, 2.45) is 0 Å². The van der Waals surface area contributed by atoms with Gasteiger partial charge in [-0.05, 0) is 68.2 Å². The van der Waals surface area contributed by atoms with Crippen LogP contribution in [0.15, 0.2) is 54.9 Å². The van der Waals surface area contributed by atoms with E-state index in [1.165, 1.54) is 5.57 Å². The summed E-state index contributed by atoms with van der Waals surface area (Å²) in [6.45, 7) is 7.36. The molecule has 3 aromatic rings. The normalized spacial score (nSPS) is 14.2. The summed E-state index contributed by atoms with van der Waals surface area (Å²) in [5.74, 6) is -0.534. The van der Waals surface area contributed by atoms with E-state index in [4.69, 9.17) is 14.9 Å². The number of fused-ring (bicyclic) bond motifs is 1. The van der Waals surface area contributed by atoms with Crippen LogP contribution in [0.1, 0.15) is 48.7 Å². The van der Waals surface area contributed by atoms with Gasteiger partial charge in [0.1, 0.15) is 11.2 Å². The zero-order chi connectivity index (χ0) is 23.6. The van der Waals surface area contributed by atoms with E-state index < -0.39 is 11.5 Å². The molecule has 0 aliphatic carbocycles. The van der Waals surface area contributed by atoms with Crippen LogP contribution in [0.4, 0.5) is 4.79 Å². The fourth-order valence-corrected chi connectivity index (χ4v) is 3.83. The molecule has 0 saturated heterocycles. The molecule has 0 fully saturated rings. The van der Waals surface area contributed by atoms with Crippen molar-refractivity contribution in [3.05, 3.63) is 71.6 Å². The molecule has 8 heteroatoms. The molecule has 0 spiro atoms. The Labute approximate surface area is 192 Å². The number of nitrogens with one attached hydrogen (secondary N) is 1. The van der Waals surface area contributed by atoms with Gasteiger partial charge in [0.05, 0.1) is 0 Å². The highest BCUT2D eigenvalue weighted by molar-refractivity contribution is 5.93. The Morgan fingerprint density at radius 3 is 2.58 bits per heavy atom. The van der Waals surface area contributed by atoms with E-state index in [9.17, 15) is 9.59 Å². The molecule has 2 N–H and O–H groups in total. The Bertz CT molecular complexity index is 1210. The smallest absolute Gasteiger partial charge is 0.410 e. The molecule has 1 aromatic carbocycles. The number of hydrogen-bond acceptors (Lipinski definition) is 5. The second-order valence-electron chi connectivity index (χ2n) is 9.12. The molecular weight excluding hydrogens is 420 g/mol. The van der Waals surface area contributed by atoms with Gasteiger partial charge in [-0.25, -0.2) is 15.3 Å². The molecule has 1 aliphatic rings. The highest BCUT2D eigenvalue weighted by atomic mass is 16.6. The number of aromatic nitrogens is 2. The minimum Gasteiger partial charge on any atom is -0.444 e. The molecule has 0 saturated carbocycles. The van der Waals surface area contributed by atoms with Crippen LogP contribution in [-0.2, 0) is 11.3 Å². The predicted octanol–water partition coefficient (Wildman–Crippen LogP) is 4.23. The van der Waals surface area contributed by atoms with Gasteiger partial charge in [-0.3, -0.25) is 10.0 Å². The van der Waals surface area contributed by atoms with Crippen LogP contribution < -0.4 is 5.48 Å². The number of rotatable bonds is 4. The lowest BCUT2D eigenvalue weighted by Gasteiger charge is -2.29. The molecule has 0 unspecified atom stereocenters. The van der Waals surface area contributed by atoms with E-state index in [-0.39, 0.29) is 6.09 Å². The van der Waals surface area contributed by atoms with E-state index >= 15 is 0 Å². The first kappa shape index (κ1) is 22.5. The molecule has 8 nitrogen and oxygen atoms in total. The minimum absolute atomic E-state index is 0.284. The molecule has 172 valence electrons. The SMILES string of the molecule is CC(C)(C)OC(=O)N1CC=C(c2cnc3c(ccn3Cc3ccc(C(=O)NO)cc3)c2)CC1. The molecule has 2 aromatic heterocycles. The molecule has 1 aliphatic heterocycles. The molecule has 33 heavy (non-hydrogen) atoms. The largest absolute Gasteiger partial charge is 0.444 e. The number of benzene rings is 1. The van der Waals surface area contributed by atoms with E-state index in [1.807, 2.05) is 51.4 Å². The number of pyridine rings is 1. The van der Waals surface area contributed by atoms with Gasteiger partial charge in [0.15, 0.2) is 0 Å². The summed E-state index contributed by atoms with van der Waals surface area (Å²) in [7, 11) is 0. The monoisotopic (exact) mass is 448 g/mol. The Morgan fingerprint density at radius 1 is 1.18 bits per heavy atom. The topological polar surface area (TPSA) is 96.7 Å². The first-order valence-electron chi connectivity index (χ1n) is 10.9. The standard InChI is InChI=1S/C25H28N4O4/c1-25(2,3)33-24(31)28-11-8-18(9-12-28)21-14-20-10-13-29(22(20)26-15-21)16-17-4-6-19(7-5-17)23(30)27-32/h4-8,10,13-15,32H,9,11-12,16H2,1-3H3,(H,27,30). The highest BCUT2D eigenvalue weighted by Gasteiger charge is 2.24. The van der Waals surface area contributed by atoms with E-state index in [0.717, 1.165) is 28.6 Å². The average Bonchev–Trinajstić information content (AvgIpc) is 3.20. The van der Waals surface area contributed by atoms with Crippen molar-refractivity contribution in [2.75, 3.05) is 13.1 Å². The first-order valence-corrected chi connectivity index (χ1v) is 10.9. The predicted molar refractivity (Wildman–Crippen MR) is 125 cm³/mol. The quantitative estimate of drug-likeness (QED) is 0.460. The lowest BCUT2D eigenvalue weighted by molar-refractivity contribution is 0.0270. The van der Waals surface area contributed by atoms with Crippen molar-refractivity contribution >= 4 is 28.6 Å². The third-order valence-electron chi connectivity index (χ3n) is 5.50. The summed E-state index contributed by atoms with van der Waals surface area (Å²) in [5, 5.41) is 9.78. The zero-order valence-corrected chi connectivity index (χ0v) is 19.0. The highest BCUT2D eigenvalue weighted by Crippen LogP contribution is 2.26. The van der Waals surface area contributed by atoms with Gasteiger partial charge >= 0.3 is 6.09 Å². The van der Waals surface area contributed by atoms with E-state index in [1.54, 1.807) is 22.5 Å². The third-order valence-corrected chi connectivity index (χ3v) is 5.50. The number of nitrogens with zero attached hydrogens (tertiary/aromatic N) is 3. The van der Waals surface area contributed by atoms with Crippen molar-refractivity contribution in [1.82, 2.24) is 19.9 Å². The summed E-state index contributed by atoms with van der Waals surface area (Å²) in [5.41, 5.74) is 5.66. The molecule has 3 heterocycles. The summed E-state index contributed by atoms with van der Waals surface area (Å²) < 4.78 is 7.52.